The molecule has 0 fully saturated rings. The first-order valence-electron chi connectivity index (χ1n) is 6.74. The van der Waals surface area contributed by atoms with Gasteiger partial charge in [-0.15, -0.1) is 0 Å². The second kappa shape index (κ2) is 7.07. The lowest BCUT2D eigenvalue weighted by atomic mass is 10.3. The maximum absolute atomic E-state index is 12.0. The molecule has 1 aromatic carbocycles. The molecule has 1 heterocycles. The average molecular weight is 316 g/mol. The van der Waals surface area contributed by atoms with Gasteiger partial charge in [0.2, 0.25) is 5.95 Å². The van der Waals surface area contributed by atoms with Gasteiger partial charge in [0, 0.05) is 5.69 Å². The van der Waals surface area contributed by atoms with Crippen molar-refractivity contribution >= 4 is 35.1 Å². The normalized spacial score (nSPS) is 9.96. The third kappa shape index (κ3) is 4.06. The van der Waals surface area contributed by atoms with Gasteiger partial charge >= 0.3 is 12.0 Å². The van der Waals surface area contributed by atoms with Gasteiger partial charge in [0.25, 0.3) is 0 Å². The number of nitrogens with zero attached hydrogens (tertiary/aromatic N) is 2. The zero-order chi connectivity index (χ0) is 16.8. The summed E-state index contributed by atoms with van der Waals surface area (Å²) in [5, 5.41) is 5.02. The molecule has 0 aliphatic carbocycles. The second-order valence-electron chi connectivity index (χ2n) is 4.36. The van der Waals surface area contributed by atoms with Crippen LogP contribution in [-0.2, 0) is 4.74 Å². The van der Waals surface area contributed by atoms with Crippen LogP contribution in [0.4, 0.5) is 27.9 Å². The van der Waals surface area contributed by atoms with Crippen LogP contribution in [0.3, 0.4) is 0 Å². The number of nitrogens with two attached hydrogens (primary N) is 2. The number of anilines is 4. The number of carbonyl (C=O) groups is 2. The number of hydrogen-bond donors (Lipinski definition) is 4. The van der Waals surface area contributed by atoms with Gasteiger partial charge in [-0.3, -0.25) is 0 Å². The Morgan fingerprint density at radius 1 is 1.13 bits per heavy atom. The molecule has 2 amide bonds. The molecule has 0 saturated heterocycles. The van der Waals surface area contributed by atoms with Crippen molar-refractivity contribution in [1.29, 1.82) is 0 Å². The van der Waals surface area contributed by atoms with Crippen LogP contribution in [0.5, 0.6) is 0 Å². The van der Waals surface area contributed by atoms with E-state index in [9.17, 15) is 9.59 Å². The number of nitrogen functional groups attached to an aromatic ring is 2. The predicted molar refractivity (Wildman–Crippen MR) is 85.9 cm³/mol. The highest BCUT2D eigenvalue weighted by molar-refractivity contribution is 6.06. The summed E-state index contributed by atoms with van der Waals surface area (Å²) >= 11 is 0. The molecule has 120 valence electrons. The standard InChI is InChI=1S/C14H16N6O3/c1-2-23-12(21)10-9(11(15)20-13(16)18-10)19-14(22)17-8-6-4-3-5-7-8/h3-7H,2H2,1H3,(H2,17,19,22)(H4,15,16,18,20). The molecule has 0 aliphatic heterocycles. The first-order valence-corrected chi connectivity index (χ1v) is 6.74. The Morgan fingerprint density at radius 2 is 1.83 bits per heavy atom. The van der Waals surface area contributed by atoms with Crippen LogP contribution in [0.25, 0.3) is 0 Å². The number of esters is 1. The number of para-hydroxylation sites is 1. The Bertz CT molecular complexity index is 720. The van der Waals surface area contributed by atoms with Crippen LogP contribution in [-0.4, -0.2) is 28.6 Å². The summed E-state index contributed by atoms with van der Waals surface area (Å²) in [6.07, 6.45) is 0. The fourth-order valence-electron chi connectivity index (χ4n) is 1.76. The molecule has 0 radical (unpaired) electrons. The summed E-state index contributed by atoms with van der Waals surface area (Å²) in [5.41, 5.74) is 11.5. The van der Waals surface area contributed by atoms with Crippen LogP contribution in [0, 0.1) is 0 Å². The minimum absolute atomic E-state index is 0.0638. The number of ether oxygens (including phenoxy) is 1. The summed E-state index contributed by atoms with van der Waals surface area (Å²) in [5.74, 6) is -1.09. The SMILES string of the molecule is CCOC(=O)c1nc(N)nc(N)c1NC(=O)Nc1ccccc1. The first kappa shape index (κ1) is 16.0. The van der Waals surface area contributed by atoms with E-state index in [1.807, 2.05) is 6.07 Å². The van der Waals surface area contributed by atoms with E-state index < -0.39 is 12.0 Å². The molecule has 0 atom stereocenters. The Balaban J connectivity index is 2.24. The highest BCUT2D eigenvalue weighted by Gasteiger charge is 2.21. The number of rotatable bonds is 4. The Labute approximate surface area is 132 Å². The Hall–Kier alpha value is -3.36. The van der Waals surface area contributed by atoms with Crippen LogP contribution < -0.4 is 22.1 Å². The Kier molecular flexibility index (Phi) is 4.92. The fourth-order valence-corrected chi connectivity index (χ4v) is 1.76. The van der Waals surface area contributed by atoms with Gasteiger partial charge in [0.1, 0.15) is 5.69 Å². The van der Waals surface area contributed by atoms with Gasteiger partial charge in [-0.25, -0.2) is 14.6 Å². The van der Waals surface area contributed by atoms with Crippen molar-refractivity contribution in [3.05, 3.63) is 36.0 Å². The van der Waals surface area contributed by atoms with Crippen LogP contribution in [0.1, 0.15) is 17.4 Å². The van der Waals surface area contributed by atoms with Crippen molar-refractivity contribution in [2.45, 2.75) is 6.92 Å². The van der Waals surface area contributed by atoms with Crippen molar-refractivity contribution in [3.8, 4) is 0 Å². The van der Waals surface area contributed by atoms with Crippen LogP contribution >= 0.6 is 0 Å². The molecule has 0 spiro atoms. The van der Waals surface area contributed by atoms with Crippen molar-refractivity contribution in [3.63, 3.8) is 0 Å². The van der Waals surface area contributed by atoms with Gasteiger partial charge in [-0.1, -0.05) is 18.2 Å². The second-order valence-corrected chi connectivity index (χ2v) is 4.36. The van der Waals surface area contributed by atoms with Crippen molar-refractivity contribution in [1.82, 2.24) is 9.97 Å². The molecule has 0 saturated carbocycles. The number of hydrogen-bond acceptors (Lipinski definition) is 7. The summed E-state index contributed by atoms with van der Waals surface area (Å²) in [6.45, 7) is 1.78. The predicted octanol–water partition coefficient (Wildman–Crippen LogP) is 1.46. The zero-order valence-electron chi connectivity index (χ0n) is 12.4. The quantitative estimate of drug-likeness (QED) is 0.624. The first-order chi connectivity index (χ1) is 11.0. The number of carbonyl (C=O) groups excluding carboxylic acids is 2. The van der Waals surface area contributed by atoms with E-state index in [-0.39, 0.29) is 29.8 Å². The molecule has 0 unspecified atom stereocenters. The summed E-state index contributed by atoms with van der Waals surface area (Å²) < 4.78 is 4.87. The molecule has 23 heavy (non-hydrogen) atoms. The summed E-state index contributed by atoms with van der Waals surface area (Å²) in [4.78, 5) is 31.5. The maximum atomic E-state index is 12.0. The lowest BCUT2D eigenvalue weighted by Crippen LogP contribution is -2.24. The summed E-state index contributed by atoms with van der Waals surface area (Å²) in [6, 6.07) is 8.14. The van der Waals surface area contributed by atoms with E-state index in [2.05, 4.69) is 20.6 Å². The number of amides is 2. The molecule has 2 aromatic rings. The Morgan fingerprint density at radius 3 is 2.48 bits per heavy atom. The molecule has 0 aliphatic rings. The van der Waals surface area contributed by atoms with E-state index in [1.54, 1.807) is 31.2 Å². The van der Waals surface area contributed by atoms with Crippen molar-refractivity contribution in [2.24, 2.45) is 0 Å². The number of nitrogens with one attached hydrogen (secondary N) is 2. The lowest BCUT2D eigenvalue weighted by molar-refractivity contribution is 0.0521. The van der Waals surface area contributed by atoms with Crippen LogP contribution in [0.15, 0.2) is 30.3 Å². The van der Waals surface area contributed by atoms with E-state index in [0.29, 0.717) is 5.69 Å². The molecule has 6 N–H and O–H groups in total. The summed E-state index contributed by atoms with van der Waals surface area (Å²) in [7, 11) is 0. The van der Waals surface area contributed by atoms with E-state index in [4.69, 9.17) is 16.2 Å². The number of benzene rings is 1. The van der Waals surface area contributed by atoms with Gasteiger partial charge in [0.05, 0.1) is 6.61 Å². The van der Waals surface area contributed by atoms with Crippen molar-refractivity contribution < 1.29 is 14.3 Å². The average Bonchev–Trinajstić information content (AvgIpc) is 2.51. The molecule has 9 nitrogen and oxygen atoms in total. The third-order valence-corrected chi connectivity index (χ3v) is 2.69. The van der Waals surface area contributed by atoms with Crippen molar-refractivity contribution in [2.75, 3.05) is 28.7 Å². The lowest BCUT2D eigenvalue weighted by Gasteiger charge is -2.12. The molecular formula is C14H16N6O3. The van der Waals surface area contributed by atoms with Gasteiger partial charge in [-0.2, -0.15) is 4.98 Å². The van der Waals surface area contributed by atoms with E-state index >= 15 is 0 Å². The minimum Gasteiger partial charge on any atom is -0.461 e. The van der Waals surface area contributed by atoms with Gasteiger partial charge < -0.3 is 26.8 Å². The zero-order valence-corrected chi connectivity index (χ0v) is 12.4. The van der Waals surface area contributed by atoms with Crippen LogP contribution in [0.2, 0.25) is 0 Å². The smallest absolute Gasteiger partial charge is 0.359 e. The number of urea groups is 1. The molecular weight excluding hydrogens is 300 g/mol. The molecule has 9 heteroatoms. The highest BCUT2D eigenvalue weighted by atomic mass is 16.5. The monoisotopic (exact) mass is 316 g/mol. The highest BCUT2D eigenvalue weighted by Crippen LogP contribution is 2.22. The van der Waals surface area contributed by atoms with E-state index in [1.165, 1.54) is 0 Å². The maximum Gasteiger partial charge on any atom is 0.359 e. The third-order valence-electron chi connectivity index (χ3n) is 2.69. The topological polar surface area (TPSA) is 145 Å². The van der Waals surface area contributed by atoms with Gasteiger partial charge in [0.15, 0.2) is 11.5 Å². The minimum atomic E-state index is -0.761. The molecule has 1 aromatic heterocycles. The van der Waals surface area contributed by atoms with Gasteiger partial charge in [-0.05, 0) is 19.1 Å². The molecule has 0 bridgehead atoms. The van der Waals surface area contributed by atoms with E-state index in [0.717, 1.165) is 0 Å². The largest absolute Gasteiger partial charge is 0.461 e. The number of aromatic nitrogens is 2. The molecule has 2 rings (SSSR count). The fraction of sp³-hybridized carbons (Fsp3) is 0.143.